The molecular formula is C25H23N3O5S. The lowest BCUT2D eigenvalue weighted by Crippen LogP contribution is -2.48. The number of hydrogen-bond acceptors (Lipinski definition) is 7. The average Bonchev–Trinajstić information content (AvgIpc) is 3.17. The van der Waals surface area contributed by atoms with Gasteiger partial charge in [-0.3, -0.25) is 19.3 Å². The van der Waals surface area contributed by atoms with E-state index in [1.807, 2.05) is 32.0 Å². The number of ketones is 1. The number of ether oxygens (including phenoxy) is 2. The van der Waals surface area contributed by atoms with Crippen molar-refractivity contribution in [3.63, 3.8) is 0 Å². The number of benzene rings is 2. The molecule has 0 aliphatic carbocycles. The number of anilines is 2. The lowest BCUT2D eigenvalue weighted by atomic mass is 10.0. The number of rotatable bonds is 4. The van der Waals surface area contributed by atoms with E-state index in [1.165, 1.54) is 9.80 Å². The molecule has 8 nitrogen and oxygen atoms in total. The first kappa shape index (κ1) is 22.1. The number of aromatic nitrogens is 1. The highest BCUT2D eigenvalue weighted by molar-refractivity contribution is 7.11. The van der Waals surface area contributed by atoms with E-state index in [2.05, 4.69) is 4.98 Å². The van der Waals surface area contributed by atoms with Gasteiger partial charge in [0.2, 0.25) is 0 Å². The molecule has 3 aromatic rings. The van der Waals surface area contributed by atoms with Crippen LogP contribution in [0.2, 0.25) is 0 Å². The molecule has 2 aliphatic rings. The minimum absolute atomic E-state index is 0.0351. The molecule has 0 N–H and O–H groups in total. The predicted molar refractivity (Wildman–Crippen MR) is 129 cm³/mol. The van der Waals surface area contributed by atoms with Crippen LogP contribution >= 0.6 is 11.3 Å². The summed E-state index contributed by atoms with van der Waals surface area (Å²) in [5.41, 5.74) is 3.16. The monoisotopic (exact) mass is 477 g/mol. The Morgan fingerprint density at radius 3 is 2.38 bits per heavy atom. The number of nitrogens with zero attached hydrogens (tertiary/aromatic N) is 3. The first-order chi connectivity index (χ1) is 16.2. The number of aryl methyl sites for hydroxylation is 2. The van der Waals surface area contributed by atoms with Gasteiger partial charge in [0, 0.05) is 23.1 Å². The Balaban J connectivity index is 1.51. The van der Waals surface area contributed by atoms with Crippen molar-refractivity contribution in [2.24, 2.45) is 0 Å². The van der Waals surface area contributed by atoms with Crippen LogP contribution in [0, 0.1) is 13.8 Å². The fraction of sp³-hybridized carbons (Fsp3) is 0.280. The van der Waals surface area contributed by atoms with Crippen LogP contribution < -0.4 is 19.3 Å². The van der Waals surface area contributed by atoms with Crippen molar-refractivity contribution >= 4 is 40.3 Å². The molecule has 0 saturated heterocycles. The molecule has 34 heavy (non-hydrogen) atoms. The summed E-state index contributed by atoms with van der Waals surface area (Å²) < 4.78 is 11.1. The minimum Gasteiger partial charge on any atom is -0.482 e. The molecule has 2 amide bonds. The van der Waals surface area contributed by atoms with Gasteiger partial charge in [-0.1, -0.05) is 0 Å². The van der Waals surface area contributed by atoms with Crippen LogP contribution in [-0.4, -0.2) is 48.9 Å². The van der Waals surface area contributed by atoms with Crippen molar-refractivity contribution in [2.45, 2.75) is 26.8 Å². The second kappa shape index (κ2) is 8.25. The van der Waals surface area contributed by atoms with E-state index in [0.29, 0.717) is 28.4 Å². The molecule has 0 bridgehead atoms. The Morgan fingerprint density at radius 1 is 1.00 bits per heavy atom. The van der Waals surface area contributed by atoms with Gasteiger partial charge in [0.05, 0.1) is 28.1 Å². The summed E-state index contributed by atoms with van der Waals surface area (Å²) in [7, 11) is 1.65. The van der Waals surface area contributed by atoms with Crippen LogP contribution in [-0.2, 0) is 9.59 Å². The topological polar surface area (TPSA) is 89.0 Å². The number of carbonyl (C=O) groups excluding carboxylic acids is 3. The van der Waals surface area contributed by atoms with Crippen LogP contribution in [0.4, 0.5) is 11.4 Å². The first-order valence-corrected chi connectivity index (χ1v) is 11.7. The van der Waals surface area contributed by atoms with Crippen molar-refractivity contribution in [3.8, 4) is 22.8 Å². The van der Waals surface area contributed by atoms with E-state index in [4.69, 9.17) is 9.47 Å². The number of thiazole rings is 1. The molecule has 0 spiro atoms. The van der Waals surface area contributed by atoms with Gasteiger partial charge in [-0.15, -0.1) is 11.3 Å². The Labute approximate surface area is 200 Å². The molecule has 2 aliphatic heterocycles. The maximum atomic E-state index is 13.5. The average molecular weight is 478 g/mol. The largest absolute Gasteiger partial charge is 0.482 e. The van der Waals surface area contributed by atoms with Gasteiger partial charge < -0.3 is 14.4 Å². The standard InChI is InChI=1S/C25H23N3O5S/c1-13(25(31)17-6-8-20-18(10-17)27(4)22(29)11-32-20)28-19-9-16(24-14(2)34-15(3)26-24)5-7-21(19)33-12-23(28)30/h5-10,13H,11-12H2,1-4H3. The molecule has 3 heterocycles. The van der Waals surface area contributed by atoms with Crippen molar-refractivity contribution < 1.29 is 23.9 Å². The normalized spacial score (nSPS) is 15.9. The summed E-state index contributed by atoms with van der Waals surface area (Å²) in [6.07, 6.45) is 0. The number of amides is 2. The van der Waals surface area contributed by atoms with E-state index < -0.39 is 6.04 Å². The van der Waals surface area contributed by atoms with E-state index in [-0.39, 0.29) is 30.8 Å². The molecule has 1 unspecified atom stereocenters. The van der Waals surface area contributed by atoms with Gasteiger partial charge in [-0.25, -0.2) is 4.98 Å². The highest BCUT2D eigenvalue weighted by atomic mass is 32.1. The van der Waals surface area contributed by atoms with Gasteiger partial charge in [0.15, 0.2) is 19.0 Å². The quantitative estimate of drug-likeness (QED) is 0.532. The fourth-order valence-electron chi connectivity index (χ4n) is 4.32. The summed E-state index contributed by atoms with van der Waals surface area (Å²) in [5.74, 6) is 0.337. The number of fused-ring (bicyclic) bond motifs is 2. The Bertz CT molecular complexity index is 1350. The van der Waals surface area contributed by atoms with Gasteiger partial charge in [0.25, 0.3) is 11.8 Å². The molecule has 5 rings (SSSR count). The Morgan fingerprint density at radius 2 is 1.68 bits per heavy atom. The fourth-order valence-corrected chi connectivity index (χ4v) is 5.16. The number of hydrogen-bond donors (Lipinski definition) is 0. The van der Waals surface area contributed by atoms with Gasteiger partial charge in [-0.05, 0) is 57.2 Å². The molecule has 174 valence electrons. The third-order valence-corrected chi connectivity index (χ3v) is 7.00. The van der Waals surface area contributed by atoms with Crippen molar-refractivity contribution in [1.82, 2.24) is 4.98 Å². The zero-order valence-electron chi connectivity index (χ0n) is 19.2. The van der Waals surface area contributed by atoms with Crippen LogP contribution in [0.5, 0.6) is 11.5 Å². The highest BCUT2D eigenvalue weighted by Crippen LogP contribution is 2.39. The molecule has 1 aromatic heterocycles. The van der Waals surface area contributed by atoms with E-state index in [9.17, 15) is 14.4 Å². The summed E-state index contributed by atoms with van der Waals surface area (Å²) in [6, 6.07) is 9.76. The zero-order valence-corrected chi connectivity index (χ0v) is 20.1. The molecule has 2 aromatic carbocycles. The second-order valence-corrected chi connectivity index (χ2v) is 9.74. The third kappa shape index (κ3) is 3.62. The van der Waals surface area contributed by atoms with Crippen molar-refractivity contribution in [1.29, 1.82) is 0 Å². The Kier molecular flexibility index (Phi) is 5.36. The number of likely N-dealkylation sites (N-methyl/N-ethyl adjacent to an activating group) is 1. The molecule has 1 atom stereocenters. The van der Waals surface area contributed by atoms with Crippen molar-refractivity contribution in [2.75, 3.05) is 30.1 Å². The molecular weight excluding hydrogens is 454 g/mol. The SMILES string of the molecule is Cc1nc(-c2ccc3c(c2)N(C(C)C(=O)c2ccc4c(c2)N(C)C(=O)CO4)C(=O)CO3)c(C)s1. The second-order valence-electron chi connectivity index (χ2n) is 8.34. The van der Waals surface area contributed by atoms with E-state index in [1.54, 1.807) is 43.5 Å². The van der Waals surface area contributed by atoms with Crippen molar-refractivity contribution in [3.05, 3.63) is 51.8 Å². The smallest absolute Gasteiger partial charge is 0.265 e. The van der Waals surface area contributed by atoms with E-state index >= 15 is 0 Å². The summed E-state index contributed by atoms with van der Waals surface area (Å²) in [4.78, 5) is 47.1. The maximum absolute atomic E-state index is 13.5. The summed E-state index contributed by atoms with van der Waals surface area (Å²) in [6.45, 7) is 5.48. The summed E-state index contributed by atoms with van der Waals surface area (Å²) in [5, 5.41) is 0.956. The minimum atomic E-state index is -0.785. The third-order valence-electron chi connectivity index (χ3n) is 6.11. The summed E-state index contributed by atoms with van der Waals surface area (Å²) >= 11 is 1.61. The number of carbonyl (C=O) groups is 3. The maximum Gasteiger partial charge on any atom is 0.265 e. The van der Waals surface area contributed by atoms with Gasteiger partial charge in [-0.2, -0.15) is 0 Å². The predicted octanol–water partition coefficient (Wildman–Crippen LogP) is 3.78. The lowest BCUT2D eigenvalue weighted by molar-refractivity contribution is -0.122. The zero-order chi connectivity index (χ0) is 24.1. The Hall–Kier alpha value is -3.72. The first-order valence-electron chi connectivity index (χ1n) is 10.9. The lowest BCUT2D eigenvalue weighted by Gasteiger charge is -2.34. The molecule has 0 fully saturated rings. The van der Waals surface area contributed by atoms with Crippen LogP contribution in [0.1, 0.15) is 27.2 Å². The highest BCUT2D eigenvalue weighted by Gasteiger charge is 2.34. The van der Waals surface area contributed by atoms with Gasteiger partial charge in [0.1, 0.15) is 11.5 Å². The molecule has 9 heteroatoms. The van der Waals surface area contributed by atoms with E-state index in [0.717, 1.165) is 21.1 Å². The van der Waals surface area contributed by atoms with Crippen LogP contribution in [0.15, 0.2) is 36.4 Å². The van der Waals surface area contributed by atoms with Gasteiger partial charge >= 0.3 is 0 Å². The number of Topliss-reactive ketones (excluding diaryl/α,β-unsaturated/α-hetero) is 1. The molecule has 0 saturated carbocycles. The van der Waals surface area contributed by atoms with Crippen LogP contribution in [0.25, 0.3) is 11.3 Å². The van der Waals surface area contributed by atoms with Crippen LogP contribution in [0.3, 0.4) is 0 Å². The molecule has 0 radical (unpaired) electrons.